The summed E-state index contributed by atoms with van der Waals surface area (Å²) < 4.78 is 2.26. The van der Waals surface area contributed by atoms with Gasteiger partial charge in [-0.05, 0) is 32.4 Å². The number of nitrogens with two attached hydrogens (primary N) is 1. The van der Waals surface area contributed by atoms with E-state index in [2.05, 4.69) is 21.5 Å². The molecule has 1 aromatic heterocycles. The predicted octanol–water partition coefficient (Wildman–Crippen LogP) is 2.33. The van der Waals surface area contributed by atoms with Crippen molar-refractivity contribution in [3.63, 3.8) is 0 Å². The predicted molar refractivity (Wildman–Crippen MR) is 86.6 cm³/mol. The molecule has 0 aromatic carbocycles. The highest BCUT2D eigenvalue weighted by molar-refractivity contribution is 5.92. The Bertz CT molecular complexity index is 531. The van der Waals surface area contributed by atoms with Crippen LogP contribution in [-0.2, 0) is 19.5 Å². The van der Waals surface area contributed by atoms with E-state index in [0.717, 1.165) is 49.9 Å². The summed E-state index contributed by atoms with van der Waals surface area (Å²) in [7, 11) is 2.09. The second kappa shape index (κ2) is 6.82. The third-order valence-corrected chi connectivity index (χ3v) is 5.21. The zero-order chi connectivity index (χ0) is 15.5. The van der Waals surface area contributed by atoms with E-state index in [9.17, 15) is 4.79 Å². The van der Waals surface area contributed by atoms with E-state index in [0.29, 0.717) is 5.69 Å². The van der Waals surface area contributed by atoms with Crippen molar-refractivity contribution < 1.29 is 4.79 Å². The lowest BCUT2D eigenvalue weighted by Gasteiger charge is -2.12. The number of nitrogens with zero attached hydrogens (tertiary/aromatic N) is 3. The SMILES string of the molecule is CN1CCCn2c(CCCC3CCCC3)nc(C(N)=O)c2C1. The van der Waals surface area contributed by atoms with Gasteiger partial charge in [0.1, 0.15) is 5.82 Å². The Kier molecular flexibility index (Phi) is 4.81. The Labute approximate surface area is 132 Å². The van der Waals surface area contributed by atoms with Crippen molar-refractivity contribution in [3.8, 4) is 0 Å². The van der Waals surface area contributed by atoms with Gasteiger partial charge in [0.25, 0.3) is 5.91 Å². The lowest BCUT2D eigenvalue weighted by atomic mass is 10.0. The van der Waals surface area contributed by atoms with E-state index >= 15 is 0 Å². The van der Waals surface area contributed by atoms with Crippen LogP contribution < -0.4 is 5.73 Å². The first kappa shape index (κ1) is 15.5. The molecule has 0 bridgehead atoms. The zero-order valence-corrected chi connectivity index (χ0v) is 13.7. The van der Waals surface area contributed by atoms with Gasteiger partial charge >= 0.3 is 0 Å². The highest BCUT2D eigenvalue weighted by Gasteiger charge is 2.23. The minimum atomic E-state index is -0.388. The quantitative estimate of drug-likeness (QED) is 0.908. The minimum Gasteiger partial charge on any atom is -0.364 e. The van der Waals surface area contributed by atoms with Crippen LogP contribution in [0.25, 0.3) is 0 Å². The summed E-state index contributed by atoms with van der Waals surface area (Å²) in [5.74, 6) is 1.60. The van der Waals surface area contributed by atoms with E-state index in [1.54, 1.807) is 0 Å². The number of hydrogen-bond donors (Lipinski definition) is 1. The number of hydrogen-bond acceptors (Lipinski definition) is 3. The summed E-state index contributed by atoms with van der Waals surface area (Å²) in [6.45, 7) is 2.79. The second-order valence-corrected chi connectivity index (χ2v) is 6.97. The van der Waals surface area contributed by atoms with Crippen LogP contribution in [0.3, 0.4) is 0 Å². The molecule has 0 atom stereocenters. The van der Waals surface area contributed by atoms with Crippen molar-refractivity contribution in [1.29, 1.82) is 0 Å². The molecule has 2 heterocycles. The first-order valence-electron chi connectivity index (χ1n) is 8.71. The fraction of sp³-hybridized carbons (Fsp3) is 0.765. The smallest absolute Gasteiger partial charge is 0.269 e. The topological polar surface area (TPSA) is 64.2 Å². The molecule has 5 nitrogen and oxygen atoms in total. The van der Waals surface area contributed by atoms with Crippen LogP contribution in [0, 0.1) is 5.92 Å². The second-order valence-electron chi connectivity index (χ2n) is 6.97. The van der Waals surface area contributed by atoms with Crippen molar-refractivity contribution in [2.75, 3.05) is 13.6 Å². The molecule has 22 heavy (non-hydrogen) atoms. The molecule has 0 spiro atoms. The lowest BCUT2D eigenvalue weighted by Crippen LogP contribution is -2.21. The molecular weight excluding hydrogens is 276 g/mol. The van der Waals surface area contributed by atoms with Gasteiger partial charge in [-0.3, -0.25) is 4.79 Å². The molecule has 2 aliphatic rings. The fourth-order valence-corrected chi connectivity index (χ4v) is 4.03. The van der Waals surface area contributed by atoms with Gasteiger partial charge in [0.15, 0.2) is 5.69 Å². The minimum absolute atomic E-state index is 0.388. The van der Waals surface area contributed by atoms with Gasteiger partial charge in [0.2, 0.25) is 0 Å². The Hall–Kier alpha value is -1.36. The summed E-state index contributed by atoms with van der Waals surface area (Å²) >= 11 is 0. The molecule has 0 radical (unpaired) electrons. The lowest BCUT2D eigenvalue weighted by molar-refractivity contribution is 0.0994. The first-order chi connectivity index (χ1) is 10.6. The van der Waals surface area contributed by atoms with Gasteiger partial charge in [-0.1, -0.05) is 32.1 Å². The van der Waals surface area contributed by atoms with Crippen molar-refractivity contribution in [2.45, 2.75) is 64.5 Å². The maximum absolute atomic E-state index is 11.7. The molecule has 122 valence electrons. The number of fused-ring (bicyclic) bond motifs is 1. The summed E-state index contributed by atoms with van der Waals surface area (Å²) in [5, 5.41) is 0. The van der Waals surface area contributed by atoms with Gasteiger partial charge in [-0.25, -0.2) is 4.98 Å². The monoisotopic (exact) mass is 304 g/mol. The van der Waals surface area contributed by atoms with Gasteiger partial charge in [0, 0.05) is 19.5 Å². The highest BCUT2D eigenvalue weighted by atomic mass is 16.1. The molecule has 1 aliphatic carbocycles. The molecule has 2 N–H and O–H groups in total. The zero-order valence-electron chi connectivity index (χ0n) is 13.7. The summed E-state index contributed by atoms with van der Waals surface area (Å²) in [5.41, 5.74) is 7.05. The molecule has 1 aromatic rings. The van der Waals surface area contributed by atoms with Gasteiger partial charge in [-0.15, -0.1) is 0 Å². The molecule has 0 saturated heterocycles. The molecule has 1 fully saturated rings. The molecule has 0 unspecified atom stereocenters. The molecule has 3 rings (SSSR count). The average molecular weight is 304 g/mol. The van der Waals surface area contributed by atoms with Crippen LogP contribution in [0.1, 0.15) is 67.0 Å². The first-order valence-corrected chi connectivity index (χ1v) is 8.71. The van der Waals surface area contributed by atoms with Gasteiger partial charge in [0.05, 0.1) is 5.69 Å². The summed E-state index contributed by atoms with van der Waals surface area (Å²) in [6.07, 6.45) is 10.2. The number of aryl methyl sites for hydroxylation is 1. The van der Waals surface area contributed by atoms with E-state index < -0.39 is 0 Å². The normalized spacial score (nSPS) is 20.0. The van der Waals surface area contributed by atoms with Crippen molar-refractivity contribution >= 4 is 5.91 Å². The van der Waals surface area contributed by atoms with Crippen molar-refractivity contribution in [2.24, 2.45) is 11.7 Å². The Morgan fingerprint density at radius 2 is 2.05 bits per heavy atom. The van der Waals surface area contributed by atoms with Crippen LogP contribution in [0.15, 0.2) is 0 Å². The molecule has 1 saturated carbocycles. The van der Waals surface area contributed by atoms with Gasteiger partial charge in [-0.2, -0.15) is 0 Å². The maximum atomic E-state index is 11.7. The maximum Gasteiger partial charge on any atom is 0.269 e. The van der Waals surface area contributed by atoms with E-state index in [4.69, 9.17) is 5.73 Å². The average Bonchev–Trinajstić information content (AvgIpc) is 3.05. The van der Waals surface area contributed by atoms with Crippen LogP contribution in [-0.4, -0.2) is 34.0 Å². The number of rotatable bonds is 5. The van der Waals surface area contributed by atoms with Gasteiger partial charge < -0.3 is 15.2 Å². The Morgan fingerprint density at radius 1 is 1.27 bits per heavy atom. The number of carbonyl (C=O) groups excluding carboxylic acids is 1. The van der Waals surface area contributed by atoms with E-state index in [-0.39, 0.29) is 5.91 Å². The van der Waals surface area contributed by atoms with Crippen LogP contribution in [0.2, 0.25) is 0 Å². The van der Waals surface area contributed by atoms with Crippen molar-refractivity contribution in [3.05, 3.63) is 17.2 Å². The third kappa shape index (κ3) is 3.35. The van der Waals surface area contributed by atoms with E-state index in [1.807, 2.05) is 0 Å². The summed E-state index contributed by atoms with van der Waals surface area (Å²) in [4.78, 5) is 18.6. The van der Waals surface area contributed by atoms with Crippen molar-refractivity contribution in [1.82, 2.24) is 14.5 Å². The largest absolute Gasteiger partial charge is 0.364 e. The molecule has 5 heteroatoms. The van der Waals surface area contributed by atoms with Crippen LogP contribution in [0.4, 0.5) is 0 Å². The standard InChI is InChI=1S/C17H28N4O/c1-20-10-5-11-21-14(12-20)16(17(18)22)19-15(21)9-4-8-13-6-2-3-7-13/h13H,2-12H2,1H3,(H2,18,22). The highest BCUT2D eigenvalue weighted by Crippen LogP contribution is 2.29. The molecule has 1 amide bonds. The van der Waals surface area contributed by atoms with E-state index in [1.165, 1.54) is 38.5 Å². The Morgan fingerprint density at radius 3 is 2.77 bits per heavy atom. The number of imidazole rings is 1. The Balaban J connectivity index is 1.72. The number of primary amides is 1. The summed E-state index contributed by atoms with van der Waals surface area (Å²) in [6, 6.07) is 0. The number of aromatic nitrogens is 2. The molecule has 1 aliphatic heterocycles. The van der Waals surface area contributed by atoms with Crippen LogP contribution in [0.5, 0.6) is 0 Å². The molecular formula is C17H28N4O. The number of carbonyl (C=O) groups is 1. The fourth-order valence-electron chi connectivity index (χ4n) is 4.03. The number of amides is 1. The van der Waals surface area contributed by atoms with Crippen LogP contribution >= 0.6 is 0 Å². The third-order valence-electron chi connectivity index (χ3n) is 5.21.